The molecule has 1 aromatic heterocycles. The second-order valence-electron chi connectivity index (χ2n) is 6.10. The molecule has 0 radical (unpaired) electrons. The summed E-state index contributed by atoms with van der Waals surface area (Å²) < 4.78 is 31.7. The topological polar surface area (TPSA) is 76.1 Å². The van der Waals surface area contributed by atoms with Crippen LogP contribution in [0.3, 0.4) is 0 Å². The van der Waals surface area contributed by atoms with E-state index in [-0.39, 0.29) is 11.4 Å². The Labute approximate surface area is 160 Å². The zero-order valence-electron chi connectivity index (χ0n) is 15.5. The van der Waals surface area contributed by atoms with Crippen LogP contribution in [0, 0.1) is 25.5 Å². The predicted molar refractivity (Wildman–Crippen MR) is 102 cm³/mol. The van der Waals surface area contributed by atoms with E-state index in [0.717, 1.165) is 17.7 Å². The van der Waals surface area contributed by atoms with Crippen LogP contribution in [0.15, 0.2) is 42.5 Å². The average molecular weight is 384 g/mol. The minimum Gasteiger partial charge on any atom is -0.495 e. The molecule has 0 saturated carbocycles. The van der Waals surface area contributed by atoms with Crippen molar-refractivity contribution < 1.29 is 18.3 Å². The number of aromatic nitrogens is 2. The molecule has 28 heavy (non-hydrogen) atoms. The lowest BCUT2D eigenvalue weighted by Crippen LogP contribution is -2.15. The van der Waals surface area contributed by atoms with Crippen LogP contribution >= 0.6 is 0 Å². The number of nitrogens with zero attached hydrogens (tertiary/aromatic N) is 2. The smallest absolute Gasteiger partial charge is 0.274 e. The maximum Gasteiger partial charge on any atom is 0.274 e. The van der Waals surface area contributed by atoms with Crippen molar-refractivity contribution in [1.29, 1.82) is 0 Å². The highest BCUT2D eigenvalue weighted by atomic mass is 19.2. The maximum absolute atomic E-state index is 13.3. The Hall–Kier alpha value is -3.55. The fraction of sp³-hybridized carbons (Fsp3) is 0.150. The summed E-state index contributed by atoms with van der Waals surface area (Å²) in [6.45, 7) is 3.59. The SMILES string of the molecule is COc1ccc(C)cc1Nc1cc(C(=O)Nc2ccc(F)c(F)c2)nc(C)n1. The summed E-state index contributed by atoms with van der Waals surface area (Å²) in [6.07, 6.45) is 0. The third-order valence-electron chi connectivity index (χ3n) is 3.87. The van der Waals surface area contributed by atoms with E-state index in [1.165, 1.54) is 12.1 Å². The zero-order chi connectivity index (χ0) is 20.3. The molecule has 0 aliphatic heterocycles. The fourth-order valence-electron chi connectivity index (χ4n) is 2.57. The van der Waals surface area contributed by atoms with Crippen LogP contribution in [0.25, 0.3) is 0 Å². The molecule has 0 aliphatic carbocycles. The number of benzene rings is 2. The van der Waals surface area contributed by atoms with Crippen LogP contribution in [-0.4, -0.2) is 23.0 Å². The lowest BCUT2D eigenvalue weighted by molar-refractivity contribution is 0.102. The molecule has 6 nitrogen and oxygen atoms in total. The van der Waals surface area contributed by atoms with Crippen molar-refractivity contribution in [2.24, 2.45) is 0 Å². The molecular weight excluding hydrogens is 366 g/mol. The van der Waals surface area contributed by atoms with E-state index in [4.69, 9.17) is 4.74 Å². The van der Waals surface area contributed by atoms with Gasteiger partial charge in [0.1, 0.15) is 23.1 Å². The van der Waals surface area contributed by atoms with Crippen LogP contribution in [-0.2, 0) is 0 Å². The summed E-state index contributed by atoms with van der Waals surface area (Å²) in [4.78, 5) is 20.9. The van der Waals surface area contributed by atoms with E-state index in [1.807, 2.05) is 25.1 Å². The van der Waals surface area contributed by atoms with Crippen LogP contribution in [0.4, 0.5) is 26.0 Å². The molecule has 3 aromatic rings. The largest absolute Gasteiger partial charge is 0.495 e. The number of nitrogens with one attached hydrogen (secondary N) is 2. The first-order chi connectivity index (χ1) is 13.4. The van der Waals surface area contributed by atoms with Gasteiger partial charge in [-0.05, 0) is 43.7 Å². The number of aryl methyl sites for hydroxylation is 2. The zero-order valence-corrected chi connectivity index (χ0v) is 15.5. The van der Waals surface area contributed by atoms with E-state index < -0.39 is 17.5 Å². The van der Waals surface area contributed by atoms with Gasteiger partial charge in [-0.3, -0.25) is 4.79 Å². The van der Waals surface area contributed by atoms with Crippen molar-refractivity contribution in [3.05, 3.63) is 71.2 Å². The fourth-order valence-corrected chi connectivity index (χ4v) is 2.57. The van der Waals surface area contributed by atoms with E-state index in [0.29, 0.717) is 23.1 Å². The van der Waals surface area contributed by atoms with Crippen LogP contribution in [0.1, 0.15) is 21.9 Å². The summed E-state index contributed by atoms with van der Waals surface area (Å²) in [5, 5.41) is 5.60. The Morgan fingerprint density at radius 3 is 2.50 bits per heavy atom. The van der Waals surface area contributed by atoms with Crippen molar-refractivity contribution in [2.75, 3.05) is 17.7 Å². The average Bonchev–Trinajstić information content (AvgIpc) is 2.64. The first-order valence-corrected chi connectivity index (χ1v) is 8.39. The number of methoxy groups -OCH3 is 1. The number of anilines is 3. The monoisotopic (exact) mass is 384 g/mol. The number of ether oxygens (including phenoxy) is 1. The number of rotatable bonds is 5. The number of carbonyl (C=O) groups excluding carboxylic acids is 1. The molecule has 1 amide bonds. The first-order valence-electron chi connectivity index (χ1n) is 8.39. The molecule has 0 saturated heterocycles. The van der Waals surface area contributed by atoms with Crippen molar-refractivity contribution in [2.45, 2.75) is 13.8 Å². The van der Waals surface area contributed by atoms with Gasteiger partial charge in [-0.25, -0.2) is 18.7 Å². The lowest BCUT2D eigenvalue weighted by Gasteiger charge is -2.13. The van der Waals surface area contributed by atoms with E-state index in [9.17, 15) is 13.6 Å². The number of carbonyl (C=O) groups is 1. The molecule has 2 N–H and O–H groups in total. The molecule has 0 bridgehead atoms. The third-order valence-corrected chi connectivity index (χ3v) is 3.87. The summed E-state index contributed by atoms with van der Waals surface area (Å²) >= 11 is 0. The summed E-state index contributed by atoms with van der Waals surface area (Å²) in [5.41, 5.74) is 1.90. The Bertz CT molecular complexity index is 1040. The summed E-state index contributed by atoms with van der Waals surface area (Å²) in [6, 6.07) is 10.2. The predicted octanol–water partition coefficient (Wildman–Crippen LogP) is 4.38. The van der Waals surface area contributed by atoms with Crippen LogP contribution in [0.2, 0.25) is 0 Å². The third kappa shape index (κ3) is 4.40. The van der Waals surface area contributed by atoms with Gasteiger partial charge in [0.05, 0.1) is 12.8 Å². The second-order valence-corrected chi connectivity index (χ2v) is 6.10. The second kappa shape index (κ2) is 7.99. The molecule has 0 unspecified atom stereocenters. The highest BCUT2D eigenvalue weighted by molar-refractivity contribution is 6.03. The molecule has 0 fully saturated rings. The van der Waals surface area contributed by atoms with Crippen LogP contribution in [0.5, 0.6) is 5.75 Å². The Morgan fingerprint density at radius 1 is 1.00 bits per heavy atom. The number of hydrogen-bond donors (Lipinski definition) is 2. The van der Waals surface area contributed by atoms with Gasteiger partial charge >= 0.3 is 0 Å². The maximum atomic E-state index is 13.3. The summed E-state index contributed by atoms with van der Waals surface area (Å²) in [5.74, 6) is -1.23. The highest BCUT2D eigenvalue weighted by Gasteiger charge is 2.13. The molecule has 2 aromatic carbocycles. The summed E-state index contributed by atoms with van der Waals surface area (Å²) in [7, 11) is 1.56. The van der Waals surface area contributed by atoms with Gasteiger partial charge in [0.15, 0.2) is 11.6 Å². The van der Waals surface area contributed by atoms with Crippen molar-refractivity contribution in [3.63, 3.8) is 0 Å². The van der Waals surface area contributed by atoms with Gasteiger partial charge in [0, 0.05) is 17.8 Å². The van der Waals surface area contributed by atoms with Gasteiger partial charge in [0.25, 0.3) is 5.91 Å². The molecule has 8 heteroatoms. The lowest BCUT2D eigenvalue weighted by atomic mass is 10.2. The Morgan fingerprint density at radius 2 is 1.79 bits per heavy atom. The first kappa shape index (κ1) is 19.2. The van der Waals surface area contributed by atoms with E-state index in [2.05, 4.69) is 20.6 Å². The van der Waals surface area contributed by atoms with Crippen molar-refractivity contribution in [3.8, 4) is 5.75 Å². The van der Waals surface area contributed by atoms with Gasteiger partial charge in [-0.2, -0.15) is 0 Å². The number of amides is 1. The standard InChI is InChI=1S/C20H18F2N4O2/c1-11-4-7-18(28-3)16(8-11)26-19-10-17(23-12(2)24-19)20(27)25-13-5-6-14(21)15(22)9-13/h4-10H,1-3H3,(H,25,27)(H,23,24,26). The minimum atomic E-state index is -1.05. The molecule has 1 heterocycles. The van der Waals surface area contributed by atoms with E-state index >= 15 is 0 Å². The van der Waals surface area contributed by atoms with Gasteiger partial charge in [-0.1, -0.05) is 6.07 Å². The molecule has 3 rings (SSSR count). The minimum absolute atomic E-state index is 0.0753. The highest BCUT2D eigenvalue weighted by Crippen LogP contribution is 2.28. The van der Waals surface area contributed by atoms with Crippen molar-refractivity contribution in [1.82, 2.24) is 9.97 Å². The molecule has 0 aliphatic rings. The Balaban J connectivity index is 1.86. The van der Waals surface area contributed by atoms with Crippen LogP contribution < -0.4 is 15.4 Å². The van der Waals surface area contributed by atoms with Gasteiger partial charge in [-0.15, -0.1) is 0 Å². The molecular formula is C20H18F2N4O2. The van der Waals surface area contributed by atoms with Gasteiger partial charge in [0.2, 0.25) is 0 Å². The Kier molecular flexibility index (Phi) is 5.49. The quantitative estimate of drug-likeness (QED) is 0.683. The number of halogens is 2. The molecule has 0 spiro atoms. The normalized spacial score (nSPS) is 10.5. The molecule has 0 atom stereocenters. The van der Waals surface area contributed by atoms with E-state index in [1.54, 1.807) is 14.0 Å². The number of hydrogen-bond acceptors (Lipinski definition) is 5. The molecule has 144 valence electrons. The van der Waals surface area contributed by atoms with Gasteiger partial charge < -0.3 is 15.4 Å². The van der Waals surface area contributed by atoms with Crippen molar-refractivity contribution >= 4 is 23.1 Å².